The molecule has 0 saturated heterocycles. The smallest absolute Gasteiger partial charge is 0.203 e. The fourth-order valence-corrected chi connectivity index (χ4v) is 2.56. The van der Waals surface area contributed by atoms with Crippen LogP contribution in [0.4, 0.5) is 0 Å². The molecule has 4 heteroatoms. The molecule has 0 unspecified atom stereocenters. The lowest BCUT2D eigenvalue weighted by molar-refractivity contribution is 0.267. The van der Waals surface area contributed by atoms with E-state index >= 15 is 0 Å². The van der Waals surface area contributed by atoms with Crippen molar-refractivity contribution in [2.45, 2.75) is 51.9 Å². The summed E-state index contributed by atoms with van der Waals surface area (Å²) in [5, 5.41) is 8.90. The first-order valence-corrected chi connectivity index (χ1v) is 8.93. The largest absolute Gasteiger partial charge is 0.493 e. The molecule has 136 valence electrons. The van der Waals surface area contributed by atoms with Crippen molar-refractivity contribution in [2.24, 2.45) is 0 Å². The molecule has 4 nitrogen and oxygen atoms in total. The number of aliphatic hydroxyl groups is 1. The van der Waals surface area contributed by atoms with Crippen molar-refractivity contribution < 1.29 is 19.3 Å². The van der Waals surface area contributed by atoms with E-state index in [9.17, 15) is 0 Å². The maximum atomic E-state index is 8.90. The van der Waals surface area contributed by atoms with Gasteiger partial charge in [-0.2, -0.15) is 0 Å². The van der Waals surface area contributed by atoms with Gasteiger partial charge in [-0.15, -0.1) is 0 Å². The molecule has 0 aromatic heterocycles. The van der Waals surface area contributed by atoms with Gasteiger partial charge in [0.05, 0.1) is 27.4 Å². The standard InChI is InChI=1S/C20H32O4/c1-4-5-6-7-8-9-10-14-24-20-18(22-2)15-17(12-11-13-21)16-19(20)23-3/h11-12,15-16,21H,4-10,13-14H2,1-3H3. The van der Waals surface area contributed by atoms with Gasteiger partial charge in [0.15, 0.2) is 11.5 Å². The average Bonchev–Trinajstić information content (AvgIpc) is 2.62. The molecule has 0 saturated carbocycles. The molecule has 0 bridgehead atoms. The van der Waals surface area contributed by atoms with Crippen LogP contribution in [0.3, 0.4) is 0 Å². The third kappa shape index (κ3) is 7.26. The monoisotopic (exact) mass is 336 g/mol. The number of benzene rings is 1. The molecule has 0 radical (unpaired) electrons. The van der Waals surface area contributed by atoms with Gasteiger partial charge in [-0.3, -0.25) is 0 Å². The Morgan fingerprint density at radius 1 is 0.917 bits per heavy atom. The zero-order chi connectivity index (χ0) is 17.6. The lowest BCUT2D eigenvalue weighted by atomic mass is 10.1. The van der Waals surface area contributed by atoms with Crippen LogP contribution in [0.5, 0.6) is 17.2 Å². The lowest BCUT2D eigenvalue weighted by Gasteiger charge is -2.15. The summed E-state index contributed by atoms with van der Waals surface area (Å²) in [7, 11) is 3.24. The van der Waals surface area contributed by atoms with Gasteiger partial charge in [0.2, 0.25) is 5.75 Å². The molecule has 0 amide bonds. The first-order valence-electron chi connectivity index (χ1n) is 8.93. The van der Waals surface area contributed by atoms with Gasteiger partial charge in [0.1, 0.15) is 0 Å². The molecule has 0 aliphatic carbocycles. The predicted octanol–water partition coefficient (Wildman–Crippen LogP) is 4.84. The molecule has 0 atom stereocenters. The summed E-state index contributed by atoms with van der Waals surface area (Å²) in [5.74, 6) is 1.94. The van der Waals surface area contributed by atoms with Crippen LogP contribution in [-0.2, 0) is 0 Å². The van der Waals surface area contributed by atoms with Crippen LogP contribution in [0.2, 0.25) is 0 Å². The number of ether oxygens (including phenoxy) is 3. The summed E-state index contributed by atoms with van der Waals surface area (Å²) in [5.41, 5.74) is 0.904. The van der Waals surface area contributed by atoms with Crippen LogP contribution in [-0.4, -0.2) is 32.5 Å². The van der Waals surface area contributed by atoms with Gasteiger partial charge < -0.3 is 19.3 Å². The minimum Gasteiger partial charge on any atom is -0.493 e. The molecular weight excluding hydrogens is 304 g/mol. The van der Waals surface area contributed by atoms with Crippen LogP contribution in [0.25, 0.3) is 6.08 Å². The lowest BCUT2D eigenvalue weighted by Crippen LogP contribution is -2.02. The molecule has 0 aliphatic rings. The predicted molar refractivity (Wildman–Crippen MR) is 99.2 cm³/mol. The van der Waals surface area contributed by atoms with Gasteiger partial charge in [-0.05, 0) is 24.1 Å². The summed E-state index contributed by atoms with van der Waals surface area (Å²) in [6, 6.07) is 3.77. The van der Waals surface area contributed by atoms with Crippen molar-refractivity contribution in [1.29, 1.82) is 0 Å². The third-order valence-electron chi connectivity index (χ3n) is 3.89. The second kappa shape index (κ2) is 12.7. The molecule has 1 N–H and O–H groups in total. The van der Waals surface area contributed by atoms with Crippen LogP contribution in [0, 0.1) is 0 Å². The Kier molecular flexibility index (Phi) is 10.8. The van der Waals surface area contributed by atoms with E-state index in [0.29, 0.717) is 23.9 Å². The molecular formula is C20H32O4. The molecule has 1 aromatic carbocycles. The molecule has 1 rings (SSSR count). The van der Waals surface area contributed by atoms with E-state index in [2.05, 4.69) is 6.92 Å². The Bertz CT molecular complexity index is 458. The first kappa shape index (κ1) is 20.4. The zero-order valence-electron chi connectivity index (χ0n) is 15.3. The maximum absolute atomic E-state index is 8.90. The van der Waals surface area contributed by atoms with Gasteiger partial charge in [0.25, 0.3) is 0 Å². The van der Waals surface area contributed by atoms with Crippen LogP contribution in [0.15, 0.2) is 18.2 Å². The Labute approximate surface area is 146 Å². The van der Waals surface area contributed by atoms with E-state index < -0.39 is 0 Å². The van der Waals surface area contributed by atoms with Crippen LogP contribution < -0.4 is 14.2 Å². The Morgan fingerprint density at radius 2 is 1.50 bits per heavy atom. The molecule has 0 heterocycles. The highest BCUT2D eigenvalue weighted by molar-refractivity contribution is 5.62. The minimum atomic E-state index is 0.00113. The van der Waals surface area contributed by atoms with Gasteiger partial charge in [0, 0.05) is 0 Å². The molecule has 0 fully saturated rings. The number of unbranched alkanes of at least 4 members (excludes halogenated alkanes) is 6. The second-order valence-electron chi connectivity index (χ2n) is 5.81. The first-order chi connectivity index (χ1) is 11.8. The summed E-state index contributed by atoms with van der Waals surface area (Å²) >= 11 is 0. The highest BCUT2D eigenvalue weighted by Crippen LogP contribution is 2.39. The molecule has 0 spiro atoms. The average molecular weight is 336 g/mol. The number of hydrogen-bond donors (Lipinski definition) is 1. The summed E-state index contributed by atoms with van der Waals surface area (Å²) in [6.45, 7) is 2.90. The second-order valence-corrected chi connectivity index (χ2v) is 5.81. The molecule has 24 heavy (non-hydrogen) atoms. The number of aliphatic hydroxyl groups excluding tert-OH is 1. The topological polar surface area (TPSA) is 47.9 Å². The summed E-state index contributed by atoms with van der Waals surface area (Å²) < 4.78 is 16.8. The van der Waals surface area contributed by atoms with Crippen molar-refractivity contribution in [2.75, 3.05) is 27.4 Å². The third-order valence-corrected chi connectivity index (χ3v) is 3.89. The molecule has 0 aliphatic heterocycles. The van der Waals surface area contributed by atoms with Gasteiger partial charge >= 0.3 is 0 Å². The zero-order valence-corrected chi connectivity index (χ0v) is 15.3. The van der Waals surface area contributed by atoms with Crippen LogP contribution in [0.1, 0.15) is 57.4 Å². The van der Waals surface area contributed by atoms with Gasteiger partial charge in [-0.1, -0.05) is 57.6 Å². The van der Waals surface area contributed by atoms with E-state index in [1.165, 1.54) is 38.5 Å². The Balaban J connectivity index is 2.55. The maximum Gasteiger partial charge on any atom is 0.203 e. The Hall–Kier alpha value is -1.68. The fourth-order valence-electron chi connectivity index (χ4n) is 2.56. The molecule has 1 aromatic rings. The van der Waals surface area contributed by atoms with Crippen molar-refractivity contribution in [3.05, 3.63) is 23.8 Å². The SMILES string of the molecule is CCCCCCCCCOc1c(OC)cc(C=CCO)cc1OC. The van der Waals surface area contributed by atoms with Crippen LogP contribution >= 0.6 is 0 Å². The van der Waals surface area contributed by atoms with Crippen molar-refractivity contribution >= 4 is 6.08 Å². The summed E-state index contributed by atoms with van der Waals surface area (Å²) in [6.07, 6.45) is 12.2. The Morgan fingerprint density at radius 3 is 2.04 bits per heavy atom. The number of methoxy groups -OCH3 is 2. The van der Waals surface area contributed by atoms with E-state index in [0.717, 1.165) is 12.0 Å². The van der Waals surface area contributed by atoms with E-state index in [1.54, 1.807) is 20.3 Å². The van der Waals surface area contributed by atoms with Crippen molar-refractivity contribution in [1.82, 2.24) is 0 Å². The van der Waals surface area contributed by atoms with E-state index in [-0.39, 0.29) is 6.61 Å². The van der Waals surface area contributed by atoms with Gasteiger partial charge in [-0.25, -0.2) is 0 Å². The number of hydrogen-bond acceptors (Lipinski definition) is 4. The van der Waals surface area contributed by atoms with E-state index in [1.807, 2.05) is 18.2 Å². The highest BCUT2D eigenvalue weighted by Gasteiger charge is 2.13. The normalized spacial score (nSPS) is 11.0. The number of rotatable bonds is 13. The highest BCUT2D eigenvalue weighted by atomic mass is 16.5. The fraction of sp³-hybridized carbons (Fsp3) is 0.600. The minimum absolute atomic E-state index is 0.00113. The van der Waals surface area contributed by atoms with E-state index in [4.69, 9.17) is 19.3 Å². The summed E-state index contributed by atoms with van der Waals surface area (Å²) in [4.78, 5) is 0. The van der Waals surface area contributed by atoms with Crippen molar-refractivity contribution in [3.8, 4) is 17.2 Å². The quantitative estimate of drug-likeness (QED) is 0.524. The van der Waals surface area contributed by atoms with Crippen molar-refractivity contribution in [3.63, 3.8) is 0 Å².